The van der Waals surface area contributed by atoms with E-state index >= 15 is 0 Å². The molecular formula is C23H23N3O4S. The van der Waals surface area contributed by atoms with Crippen molar-refractivity contribution in [3.63, 3.8) is 0 Å². The molecule has 160 valence electrons. The van der Waals surface area contributed by atoms with Gasteiger partial charge in [-0.05, 0) is 25.0 Å². The van der Waals surface area contributed by atoms with E-state index in [0.717, 1.165) is 5.56 Å². The number of carboxylic acids is 1. The second-order valence-electron chi connectivity index (χ2n) is 8.09. The number of carboxylic acid groups (broad SMARTS) is 1. The number of aliphatic carboxylic acids is 1. The summed E-state index contributed by atoms with van der Waals surface area (Å²) in [6.45, 7) is 3.61. The van der Waals surface area contributed by atoms with Crippen molar-refractivity contribution < 1.29 is 19.5 Å². The van der Waals surface area contributed by atoms with Gasteiger partial charge in [0.25, 0.3) is 0 Å². The molecule has 0 spiro atoms. The third-order valence-electron chi connectivity index (χ3n) is 5.51. The van der Waals surface area contributed by atoms with Crippen molar-refractivity contribution in [2.24, 2.45) is 4.99 Å². The van der Waals surface area contributed by atoms with E-state index in [-0.39, 0.29) is 5.91 Å². The van der Waals surface area contributed by atoms with Crippen LogP contribution in [0.1, 0.15) is 31.0 Å². The van der Waals surface area contributed by atoms with Crippen molar-refractivity contribution in [3.8, 4) is 0 Å². The zero-order chi connectivity index (χ0) is 22.2. The Morgan fingerprint density at radius 2 is 1.74 bits per heavy atom. The maximum atomic E-state index is 13.2. The van der Waals surface area contributed by atoms with Crippen molar-refractivity contribution >= 4 is 35.8 Å². The van der Waals surface area contributed by atoms with Crippen molar-refractivity contribution in [2.45, 2.75) is 42.1 Å². The van der Waals surface area contributed by atoms with Gasteiger partial charge >= 0.3 is 5.97 Å². The Morgan fingerprint density at radius 1 is 1.13 bits per heavy atom. The molecule has 4 atom stereocenters. The Kier molecular flexibility index (Phi) is 5.58. The molecule has 7 nitrogen and oxygen atoms in total. The Balaban J connectivity index is 1.54. The summed E-state index contributed by atoms with van der Waals surface area (Å²) in [4.78, 5) is 43.4. The van der Waals surface area contributed by atoms with Gasteiger partial charge in [-0.1, -0.05) is 60.7 Å². The van der Waals surface area contributed by atoms with Gasteiger partial charge in [-0.2, -0.15) is 0 Å². The molecule has 0 bridgehead atoms. The van der Waals surface area contributed by atoms with Gasteiger partial charge in [0.2, 0.25) is 11.8 Å². The Hall–Kier alpha value is -3.13. The molecule has 2 saturated heterocycles. The number of thioether (sulfide) groups is 1. The first kappa shape index (κ1) is 21.1. The third kappa shape index (κ3) is 3.95. The lowest BCUT2D eigenvalue weighted by atomic mass is 9.95. The average molecular weight is 438 g/mol. The summed E-state index contributed by atoms with van der Waals surface area (Å²) in [5.41, 5.74) is 1.57. The highest BCUT2D eigenvalue weighted by Crippen LogP contribution is 2.50. The molecule has 2 fully saturated rings. The van der Waals surface area contributed by atoms with Crippen LogP contribution in [0, 0.1) is 0 Å². The molecule has 0 radical (unpaired) electrons. The predicted molar refractivity (Wildman–Crippen MR) is 119 cm³/mol. The molecule has 0 unspecified atom stereocenters. The second-order valence-corrected chi connectivity index (χ2v) is 9.86. The van der Waals surface area contributed by atoms with E-state index in [4.69, 9.17) is 0 Å². The summed E-state index contributed by atoms with van der Waals surface area (Å²) >= 11 is 1.40. The molecule has 2 amide bonds. The first-order valence-corrected chi connectivity index (χ1v) is 10.8. The summed E-state index contributed by atoms with van der Waals surface area (Å²) in [5.74, 6) is -1.80. The standard InChI is InChI=1S/C23H23N3O4S/c1-23(2)18(22(29)30)26-20(28)17(21(26)31-23)25-19(27)16(15-11-7-4-8-12-15)24-13-14-9-5-3-6-10-14/h3-13,16-18,21H,1-2H3,(H,25,27)(H,29,30)/t16-,17-,18+,21-/m1/s1. The zero-order valence-electron chi connectivity index (χ0n) is 17.1. The minimum atomic E-state index is -1.03. The lowest BCUT2D eigenvalue weighted by Gasteiger charge is -2.43. The molecule has 0 saturated carbocycles. The normalized spacial score (nSPS) is 25.0. The van der Waals surface area contributed by atoms with E-state index in [1.165, 1.54) is 16.7 Å². The maximum absolute atomic E-state index is 13.2. The molecule has 2 aromatic carbocycles. The van der Waals surface area contributed by atoms with Crippen LogP contribution in [0.25, 0.3) is 0 Å². The highest BCUT2D eigenvalue weighted by Gasteiger charge is 2.64. The molecule has 8 heteroatoms. The van der Waals surface area contributed by atoms with Gasteiger partial charge in [-0.15, -0.1) is 11.8 Å². The fourth-order valence-corrected chi connectivity index (χ4v) is 5.64. The van der Waals surface area contributed by atoms with Crippen LogP contribution in [0.5, 0.6) is 0 Å². The van der Waals surface area contributed by atoms with E-state index in [9.17, 15) is 19.5 Å². The number of nitrogens with one attached hydrogen (secondary N) is 1. The summed E-state index contributed by atoms with van der Waals surface area (Å²) in [6.07, 6.45) is 1.64. The first-order valence-electron chi connectivity index (χ1n) is 9.96. The number of carbonyl (C=O) groups excluding carboxylic acids is 2. The molecule has 0 aromatic heterocycles. The number of carbonyl (C=O) groups is 3. The van der Waals surface area contributed by atoms with Gasteiger partial charge < -0.3 is 15.3 Å². The number of hydrogen-bond donors (Lipinski definition) is 2. The van der Waals surface area contributed by atoms with Gasteiger partial charge in [0, 0.05) is 11.0 Å². The molecule has 2 heterocycles. The summed E-state index contributed by atoms with van der Waals surface area (Å²) < 4.78 is -0.643. The lowest BCUT2D eigenvalue weighted by Crippen LogP contribution is -2.70. The van der Waals surface area contributed by atoms with Crippen molar-refractivity contribution in [3.05, 3.63) is 71.8 Å². The molecule has 31 heavy (non-hydrogen) atoms. The van der Waals surface area contributed by atoms with E-state index in [1.807, 2.05) is 60.7 Å². The van der Waals surface area contributed by atoms with Crippen molar-refractivity contribution in [1.82, 2.24) is 10.2 Å². The van der Waals surface area contributed by atoms with Gasteiger partial charge in [0.1, 0.15) is 17.5 Å². The molecule has 0 aliphatic carbocycles. The highest BCUT2D eigenvalue weighted by atomic mass is 32.2. The summed E-state index contributed by atoms with van der Waals surface area (Å²) in [5, 5.41) is 12.0. The van der Waals surface area contributed by atoms with E-state index in [1.54, 1.807) is 20.1 Å². The van der Waals surface area contributed by atoms with Gasteiger partial charge in [-0.3, -0.25) is 14.6 Å². The van der Waals surface area contributed by atoms with E-state index < -0.39 is 40.1 Å². The van der Waals surface area contributed by atoms with Crippen LogP contribution in [0.3, 0.4) is 0 Å². The second kappa shape index (κ2) is 8.19. The van der Waals surface area contributed by atoms with Crippen LogP contribution in [0.4, 0.5) is 0 Å². The van der Waals surface area contributed by atoms with Crippen LogP contribution in [-0.2, 0) is 14.4 Å². The average Bonchev–Trinajstić information content (AvgIpc) is 3.01. The number of aliphatic imine (C=N–C) groups is 1. The smallest absolute Gasteiger partial charge is 0.327 e. The van der Waals surface area contributed by atoms with Crippen LogP contribution >= 0.6 is 11.8 Å². The topological polar surface area (TPSA) is 99.1 Å². The molecule has 2 aliphatic heterocycles. The third-order valence-corrected chi connectivity index (χ3v) is 7.08. The monoisotopic (exact) mass is 437 g/mol. The number of β-lactam (4-membered cyclic amide) rings is 1. The molecular weight excluding hydrogens is 414 g/mol. The number of rotatable bonds is 6. The summed E-state index contributed by atoms with van der Waals surface area (Å²) in [7, 11) is 0. The number of amides is 2. The minimum Gasteiger partial charge on any atom is -0.480 e. The molecule has 2 aliphatic rings. The molecule has 2 aromatic rings. The SMILES string of the molecule is CC1(C)S[C@@H]2[C@H](NC(=O)[C@H](N=Cc3ccccc3)c3ccccc3)C(=O)N2[C@H]1C(=O)O. The Morgan fingerprint density at radius 3 is 2.35 bits per heavy atom. The molecule has 4 rings (SSSR count). The minimum absolute atomic E-state index is 0.373. The van der Waals surface area contributed by atoms with Crippen LogP contribution in [0.15, 0.2) is 65.7 Å². The fraction of sp³-hybridized carbons (Fsp3) is 0.304. The van der Waals surface area contributed by atoms with E-state index in [0.29, 0.717) is 5.56 Å². The highest BCUT2D eigenvalue weighted by molar-refractivity contribution is 8.01. The Bertz CT molecular complexity index is 1030. The lowest BCUT2D eigenvalue weighted by molar-refractivity contribution is -0.161. The van der Waals surface area contributed by atoms with Gasteiger partial charge in [0.15, 0.2) is 6.04 Å². The van der Waals surface area contributed by atoms with Crippen molar-refractivity contribution in [2.75, 3.05) is 0 Å². The van der Waals surface area contributed by atoms with Crippen LogP contribution in [0.2, 0.25) is 0 Å². The number of benzene rings is 2. The predicted octanol–water partition coefficient (Wildman–Crippen LogP) is 2.48. The molecule has 2 N–H and O–H groups in total. The number of fused-ring (bicyclic) bond motifs is 1. The van der Waals surface area contributed by atoms with Crippen LogP contribution < -0.4 is 5.32 Å². The van der Waals surface area contributed by atoms with Crippen molar-refractivity contribution in [1.29, 1.82) is 0 Å². The zero-order valence-corrected chi connectivity index (χ0v) is 18.0. The first-order chi connectivity index (χ1) is 14.8. The maximum Gasteiger partial charge on any atom is 0.327 e. The summed E-state index contributed by atoms with van der Waals surface area (Å²) in [6, 6.07) is 16.1. The van der Waals surface area contributed by atoms with E-state index in [2.05, 4.69) is 10.3 Å². The quantitative estimate of drug-likeness (QED) is 0.534. The van der Waals surface area contributed by atoms with Gasteiger partial charge in [0.05, 0.1) is 0 Å². The fourth-order valence-electron chi connectivity index (χ4n) is 4.02. The van der Waals surface area contributed by atoms with Crippen LogP contribution in [-0.4, -0.2) is 56.2 Å². The number of hydrogen-bond acceptors (Lipinski definition) is 5. The van der Waals surface area contributed by atoms with Gasteiger partial charge in [-0.25, -0.2) is 4.79 Å². The Labute approximate surface area is 184 Å². The largest absolute Gasteiger partial charge is 0.480 e. The number of nitrogens with zero attached hydrogens (tertiary/aromatic N) is 2.